The third-order valence-corrected chi connectivity index (χ3v) is 5.00. The summed E-state index contributed by atoms with van der Waals surface area (Å²) in [6, 6.07) is 6.18. The topological polar surface area (TPSA) is 42.7 Å². The molecule has 0 saturated heterocycles. The second kappa shape index (κ2) is 6.81. The highest BCUT2D eigenvalue weighted by atomic mass is 35.5. The number of aromatic nitrogens is 3. The highest BCUT2D eigenvalue weighted by molar-refractivity contribution is 7.99. The summed E-state index contributed by atoms with van der Waals surface area (Å²) in [5.74, 6) is 1.12. The van der Waals surface area contributed by atoms with Crippen LogP contribution in [0.15, 0.2) is 28.3 Å². The zero-order valence-electron chi connectivity index (χ0n) is 12.1. The lowest BCUT2D eigenvalue weighted by molar-refractivity contribution is 0.591. The van der Waals surface area contributed by atoms with Crippen LogP contribution in [0.3, 0.4) is 0 Å². The van der Waals surface area contributed by atoms with E-state index in [0.29, 0.717) is 0 Å². The molecule has 0 saturated carbocycles. The molecule has 0 radical (unpaired) electrons. The average Bonchev–Trinajstić information content (AvgIpc) is 2.71. The van der Waals surface area contributed by atoms with Crippen LogP contribution < -0.4 is 5.32 Å². The lowest BCUT2D eigenvalue weighted by atomic mass is 10.2. The van der Waals surface area contributed by atoms with E-state index in [2.05, 4.69) is 32.2 Å². The van der Waals surface area contributed by atoms with E-state index in [-0.39, 0.29) is 0 Å². The molecule has 0 aliphatic carbocycles. The van der Waals surface area contributed by atoms with Gasteiger partial charge in [-0.2, -0.15) is 0 Å². The summed E-state index contributed by atoms with van der Waals surface area (Å²) >= 11 is 7.97. The van der Waals surface area contributed by atoms with Gasteiger partial charge in [-0.3, -0.25) is 0 Å². The monoisotopic (exact) mass is 322 g/mol. The third-order valence-electron chi connectivity index (χ3n) is 3.68. The second-order valence-electron chi connectivity index (χ2n) is 5.25. The van der Waals surface area contributed by atoms with E-state index in [9.17, 15) is 0 Å². The first kappa shape index (κ1) is 14.9. The first-order valence-corrected chi connectivity index (χ1v) is 8.50. The minimum atomic E-state index is 0.782. The molecule has 1 aliphatic rings. The second-order valence-corrected chi connectivity index (χ2v) is 6.69. The van der Waals surface area contributed by atoms with E-state index in [1.54, 1.807) is 11.8 Å². The van der Waals surface area contributed by atoms with Crippen molar-refractivity contribution in [3.63, 3.8) is 0 Å². The summed E-state index contributed by atoms with van der Waals surface area (Å²) in [6.45, 7) is 1.81. The van der Waals surface area contributed by atoms with Crippen molar-refractivity contribution in [2.75, 3.05) is 7.05 Å². The van der Waals surface area contributed by atoms with Gasteiger partial charge in [0, 0.05) is 29.4 Å². The summed E-state index contributed by atoms with van der Waals surface area (Å²) < 4.78 is 2.26. The number of nitrogens with zero attached hydrogens (tertiary/aromatic N) is 3. The lowest BCUT2D eigenvalue weighted by Gasteiger charge is -2.08. The fourth-order valence-corrected chi connectivity index (χ4v) is 3.79. The number of fused-ring (bicyclic) bond motifs is 1. The van der Waals surface area contributed by atoms with Gasteiger partial charge in [0.05, 0.1) is 0 Å². The van der Waals surface area contributed by atoms with Crippen LogP contribution >= 0.6 is 23.4 Å². The van der Waals surface area contributed by atoms with Crippen LogP contribution in [0.1, 0.15) is 30.7 Å². The molecule has 1 aromatic carbocycles. The Bertz CT molecular complexity index is 626. The number of hydrogen-bond acceptors (Lipinski definition) is 4. The van der Waals surface area contributed by atoms with Crippen molar-refractivity contribution in [2.45, 2.75) is 48.8 Å². The predicted molar refractivity (Wildman–Crippen MR) is 85.9 cm³/mol. The summed E-state index contributed by atoms with van der Waals surface area (Å²) in [7, 11) is 1.92. The Morgan fingerprint density at radius 3 is 3.00 bits per heavy atom. The zero-order chi connectivity index (χ0) is 14.7. The number of rotatable bonds is 4. The summed E-state index contributed by atoms with van der Waals surface area (Å²) in [5.41, 5.74) is 1.11. The third kappa shape index (κ3) is 3.42. The van der Waals surface area contributed by atoms with Crippen molar-refractivity contribution in [1.29, 1.82) is 0 Å². The molecule has 21 heavy (non-hydrogen) atoms. The van der Waals surface area contributed by atoms with Crippen LogP contribution in [0.4, 0.5) is 0 Å². The largest absolute Gasteiger partial charge is 0.316 e. The van der Waals surface area contributed by atoms with Gasteiger partial charge in [-0.15, -0.1) is 10.2 Å². The normalized spacial score (nSPS) is 14.8. The Balaban J connectivity index is 1.81. The van der Waals surface area contributed by atoms with E-state index in [0.717, 1.165) is 46.0 Å². The fourth-order valence-electron chi connectivity index (χ4n) is 2.56. The van der Waals surface area contributed by atoms with Crippen LogP contribution in [0.2, 0.25) is 5.02 Å². The van der Waals surface area contributed by atoms with Crippen LogP contribution in [-0.4, -0.2) is 21.8 Å². The highest BCUT2D eigenvalue weighted by Gasteiger charge is 2.15. The minimum Gasteiger partial charge on any atom is -0.316 e. The van der Waals surface area contributed by atoms with Gasteiger partial charge >= 0.3 is 0 Å². The minimum absolute atomic E-state index is 0.782. The van der Waals surface area contributed by atoms with Gasteiger partial charge < -0.3 is 9.88 Å². The molecule has 6 heteroatoms. The van der Waals surface area contributed by atoms with Crippen LogP contribution in [0.5, 0.6) is 0 Å². The molecular formula is C15H19ClN4S. The Morgan fingerprint density at radius 2 is 2.19 bits per heavy atom. The Hall–Kier alpha value is -1.04. The molecule has 3 rings (SSSR count). The molecule has 0 unspecified atom stereocenters. The smallest absolute Gasteiger partial charge is 0.196 e. The maximum atomic E-state index is 6.32. The average molecular weight is 323 g/mol. The lowest BCUT2D eigenvalue weighted by Crippen LogP contribution is -2.05. The molecule has 0 amide bonds. The van der Waals surface area contributed by atoms with Crippen LogP contribution in [0.25, 0.3) is 0 Å². The van der Waals surface area contributed by atoms with Gasteiger partial charge in [-0.05, 0) is 49.3 Å². The number of hydrogen-bond donors (Lipinski definition) is 1. The molecular weight excluding hydrogens is 304 g/mol. The van der Waals surface area contributed by atoms with Gasteiger partial charge in [0.15, 0.2) is 5.16 Å². The summed E-state index contributed by atoms with van der Waals surface area (Å²) in [5, 5.41) is 13.6. The molecule has 0 spiro atoms. The van der Waals surface area contributed by atoms with Gasteiger partial charge in [-0.25, -0.2) is 0 Å². The zero-order valence-corrected chi connectivity index (χ0v) is 13.7. The predicted octanol–water partition coefficient (Wildman–Crippen LogP) is 3.53. The van der Waals surface area contributed by atoms with E-state index in [1.807, 2.05) is 13.1 Å². The van der Waals surface area contributed by atoms with Crippen molar-refractivity contribution >= 4 is 23.4 Å². The fraction of sp³-hybridized carbons (Fsp3) is 0.467. The van der Waals surface area contributed by atoms with Crippen molar-refractivity contribution in [2.24, 2.45) is 0 Å². The molecule has 4 nitrogen and oxygen atoms in total. The molecule has 1 N–H and O–H groups in total. The van der Waals surface area contributed by atoms with Crippen LogP contribution in [-0.2, 0) is 19.5 Å². The molecule has 0 fully saturated rings. The Kier molecular flexibility index (Phi) is 4.83. The molecule has 0 bridgehead atoms. The van der Waals surface area contributed by atoms with Crippen LogP contribution in [0, 0.1) is 0 Å². The summed E-state index contributed by atoms with van der Waals surface area (Å²) in [4.78, 5) is 1.11. The molecule has 112 valence electrons. The number of aryl methyl sites for hydroxylation is 1. The quantitative estimate of drug-likeness (QED) is 0.935. The Labute approximate surface area is 134 Å². The Morgan fingerprint density at radius 1 is 1.29 bits per heavy atom. The first-order valence-electron chi connectivity index (χ1n) is 7.31. The standard InChI is InChI=1S/C15H19ClN4S/c1-17-10-11-6-7-12(9-13(11)16)21-15-19-18-14-5-3-2-4-8-20(14)15/h6-7,9,17H,2-5,8,10H2,1H3. The summed E-state index contributed by atoms with van der Waals surface area (Å²) in [6.07, 6.45) is 4.74. The molecule has 0 atom stereocenters. The number of benzene rings is 1. The van der Waals surface area contributed by atoms with Crippen molar-refractivity contribution < 1.29 is 0 Å². The van der Waals surface area contributed by atoms with Gasteiger partial charge in [-0.1, -0.05) is 24.1 Å². The van der Waals surface area contributed by atoms with E-state index in [4.69, 9.17) is 11.6 Å². The van der Waals surface area contributed by atoms with Crippen molar-refractivity contribution in [3.05, 3.63) is 34.6 Å². The van der Waals surface area contributed by atoms with Gasteiger partial charge in [0.2, 0.25) is 0 Å². The van der Waals surface area contributed by atoms with Gasteiger partial charge in [0.1, 0.15) is 5.82 Å². The maximum Gasteiger partial charge on any atom is 0.196 e. The highest BCUT2D eigenvalue weighted by Crippen LogP contribution is 2.31. The van der Waals surface area contributed by atoms with Crippen molar-refractivity contribution in [1.82, 2.24) is 20.1 Å². The first-order chi connectivity index (χ1) is 10.3. The number of nitrogens with one attached hydrogen (secondary N) is 1. The maximum absolute atomic E-state index is 6.32. The molecule has 2 heterocycles. The van der Waals surface area contributed by atoms with Gasteiger partial charge in [0.25, 0.3) is 0 Å². The number of halogens is 1. The SMILES string of the molecule is CNCc1ccc(Sc2nnc3n2CCCCC3)cc1Cl. The molecule has 1 aromatic heterocycles. The van der Waals surface area contributed by atoms with Crippen molar-refractivity contribution in [3.8, 4) is 0 Å². The van der Waals surface area contributed by atoms with E-state index in [1.165, 1.54) is 19.3 Å². The van der Waals surface area contributed by atoms with E-state index >= 15 is 0 Å². The van der Waals surface area contributed by atoms with E-state index < -0.39 is 0 Å². The molecule has 1 aliphatic heterocycles. The molecule has 2 aromatic rings.